The van der Waals surface area contributed by atoms with Crippen LogP contribution in [0.5, 0.6) is 0 Å². The molecular formula is C43H67N3. The molecule has 3 heteroatoms. The van der Waals surface area contributed by atoms with Gasteiger partial charge in [0.25, 0.3) is 0 Å². The summed E-state index contributed by atoms with van der Waals surface area (Å²) < 4.78 is 0. The third kappa shape index (κ3) is 8.06. The van der Waals surface area contributed by atoms with Crippen LogP contribution in [0, 0.1) is 11.3 Å². The van der Waals surface area contributed by atoms with Crippen molar-refractivity contribution in [3.63, 3.8) is 0 Å². The maximum absolute atomic E-state index is 3.68. The highest BCUT2D eigenvalue weighted by Gasteiger charge is 2.45. The molecule has 4 rings (SSSR count). The number of hydrogen-bond donors (Lipinski definition) is 1. The highest BCUT2D eigenvalue weighted by atomic mass is 15.2. The average Bonchev–Trinajstić information content (AvgIpc) is 3.53. The topological polar surface area (TPSA) is 18.5 Å². The number of allylic oxidation sites excluding steroid dienone is 7. The third-order valence-corrected chi connectivity index (χ3v) is 11.2. The molecule has 0 amide bonds. The highest BCUT2D eigenvalue weighted by molar-refractivity contribution is 5.55. The molecule has 1 aromatic rings. The lowest BCUT2D eigenvalue weighted by molar-refractivity contribution is 0.205. The Bertz CT molecular complexity index is 1290. The van der Waals surface area contributed by atoms with Gasteiger partial charge in [-0.2, -0.15) is 0 Å². The summed E-state index contributed by atoms with van der Waals surface area (Å²) in [5.41, 5.74) is 10.7. The van der Waals surface area contributed by atoms with Crippen molar-refractivity contribution in [3.8, 4) is 0 Å². The van der Waals surface area contributed by atoms with Gasteiger partial charge in [-0.3, -0.25) is 0 Å². The summed E-state index contributed by atoms with van der Waals surface area (Å²) in [4.78, 5) is 5.51. The van der Waals surface area contributed by atoms with Gasteiger partial charge >= 0.3 is 0 Å². The van der Waals surface area contributed by atoms with Gasteiger partial charge in [0.2, 0.25) is 0 Å². The first-order valence-electron chi connectivity index (χ1n) is 18.9. The van der Waals surface area contributed by atoms with E-state index >= 15 is 0 Å². The number of hydrogen-bond acceptors (Lipinski definition) is 3. The maximum atomic E-state index is 3.68. The van der Waals surface area contributed by atoms with Gasteiger partial charge in [-0.1, -0.05) is 110 Å². The van der Waals surface area contributed by atoms with Crippen LogP contribution in [-0.2, 0) is 5.41 Å². The quantitative estimate of drug-likeness (QED) is 0.222. The van der Waals surface area contributed by atoms with Crippen molar-refractivity contribution in [1.82, 2.24) is 9.80 Å². The smallest absolute Gasteiger partial charge is 0.0428 e. The molecule has 3 nitrogen and oxygen atoms in total. The first kappa shape index (κ1) is 36.2. The summed E-state index contributed by atoms with van der Waals surface area (Å²) in [7, 11) is 0. The van der Waals surface area contributed by atoms with Crippen LogP contribution < -0.4 is 5.32 Å². The third-order valence-electron chi connectivity index (χ3n) is 11.2. The molecule has 2 fully saturated rings. The Hall–Kier alpha value is -2.68. The van der Waals surface area contributed by atoms with E-state index in [-0.39, 0.29) is 10.8 Å². The maximum Gasteiger partial charge on any atom is 0.0428 e. The van der Waals surface area contributed by atoms with Gasteiger partial charge in [0.15, 0.2) is 0 Å². The zero-order chi connectivity index (χ0) is 33.3. The molecule has 2 aliphatic heterocycles. The van der Waals surface area contributed by atoms with Gasteiger partial charge in [-0.05, 0) is 104 Å². The number of para-hydroxylation sites is 1. The monoisotopic (exact) mass is 626 g/mol. The lowest BCUT2D eigenvalue weighted by atomic mass is 9.78. The summed E-state index contributed by atoms with van der Waals surface area (Å²) in [6.45, 7) is 25.8. The molecule has 0 saturated carbocycles. The molecule has 0 aromatic heterocycles. The van der Waals surface area contributed by atoms with Crippen LogP contribution in [0.1, 0.15) is 132 Å². The largest absolute Gasteiger partial charge is 0.385 e. The van der Waals surface area contributed by atoms with E-state index in [1.165, 1.54) is 67.7 Å². The Balaban J connectivity index is 1.63. The van der Waals surface area contributed by atoms with Crippen molar-refractivity contribution >= 4 is 5.69 Å². The highest BCUT2D eigenvalue weighted by Crippen LogP contribution is 2.49. The summed E-state index contributed by atoms with van der Waals surface area (Å²) in [6, 6.07) is 9.42. The molecular weight excluding hydrogens is 558 g/mol. The molecule has 1 aliphatic carbocycles. The Labute approximate surface area is 284 Å². The molecule has 2 heterocycles. The summed E-state index contributed by atoms with van der Waals surface area (Å²) in [5.74, 6) is 0.886. The van der Waals surface area contributed by atoms with Crippen LogP contribution in [-0.4, -0.2) is 42.0 Å². The van der Waals surface area contributed by atoms with Crippen LogP contribution >= 0.6 is 0 Å². The van der Waals surface area contributed by atoms with Crippen LogP contribution in [0.4, 0.5) is 5.69 Å². The lowest BCUT2D eigenvalue weighted by Crippen LogP contribution is -2.36. The van der Waals surface area contributed by atoms with Gasteiger partial charge in [0, 0.05) is 54.7 Å². The fraction of sp³-hybridized carbons (Fsp3) is 0.628. The van der Waals surface area contributed by atoms with E-state index in [0.717, 1.165) is 51.1 Å². The minimum absolute atomic E-state index is 0.0658. The number of nitrogens with one attached hydrogen (secondary N) is 1. The van der Waals surface area contributed by atoms with E-state index in [9.17, 15) is 0 Å². The Morgan fingerprint density at radius 3 is 2.37 bits per heavy atom. The molecule has 0 spiro atoms. The summed E-state index contributed by atoms with van der Waals surface area (Å²) in [5, 5.41) is 3.68. The number of nitrogens with zero attached hydrogens (tertiary/aromatic N) is 2. The van der Waals surface area contributed by atoms with E-state index < -0.39 is 0 Å². The van der Waals surface area contributed by atoms with Crippen LogP contribution in [0.2, 0.25) is 0 Å². The molecule has 46 heavy (non-hydrogen) atoms. The number of likely N-dealkylation sites (tertiary alicyclic amines) is 2. The summed E-state index contributed by atoms with van der Waals surface area (Å²) >= 11 is 0. The molecule has 1 aromatic carbocycles. The van der Waals surface area contributed by atoms with Crippen molar-refractivity contribution in [3.05, 3.63) is 88.3 Å². The predicted octanol–water partition coefficient (Wildman–Crippen LogP) is 11.6. The van der Waals surface area contributed by atoms with Crippen LogP contribution in [0.3, 0.4) is 0 Å². The van der Waals surface area contributed by atoms with E-state index in [0.29, 0.717) is 6.04 Å². The first-order valence-corrected chi connectivity index (χ1v) is 18.9. The van der Waals surface area contributed by atoms with Crippen molar-refractivity contribution in [2.75, 3.05) is 31.5 Å². The zero-order valence-electron chi connectivity index (χ0n) is 31.1. The second-order valence-electron chi connectivity index (χ2n) is 15.3. The fourth-order valence-corrected chi connectivity index (χ4v) is 8.49. The van der Waals surface area contributed by atoms with Crippen molar-refractivity contribution in [1.29, 1.82) is 0 Å². The fourth-order valence-electron chi connectivity index (χ4n) is 8.49. The summed E-state index contributed by atoms with van der Waals surface area (Å²) in [6.07, 6.45) is 24.4. The molecule has 0 bridgehead atoms. The minimum Gasteiger partial charge on any atom is -0.385 e. The van der Waals surface area contributed by atoms with Crippen LogP contribution in [0.15, 0.2) is 82.8 Å². The normalized spacial score (nSPS) is 23.7. The second kappa shape index (κ2) is 16.4. The zero-order valence-corrected chi connectivity index (χ0v) is 31.1. The SMILES string of the molecule is C/C=C1\C(=C/CC)N(CCC)C(C/C=C2\CCC(/C=C/CC(C)(C)c3ccccc3NCCC)=C2N2CCC(CC)CC2)C1(C)C. The molecule has 3 aliphatic rings. The van der Waals surface area contributed by atoms with Gasteiger partial charge < -0.3 is 15.1 Å². The Kier molecular flexibility index (Phi) is 12.9. The van der Waals surface area contributed by atoms with Gasteiger partial charge in [-0.15, -0.1) is 0 Å². The second-order valence-corrected chi connectivity index (χ2v) is 15.3. The van der Waals surface area contributed by atoms with Gasteiger partial charge in [0.05, 0.1) is 0 Å². The Morgan fingerprint density at radius 2 is 1.72 bits per heavy atom. The molecule has 2 saturated heterocycles. The van der Waals surface area contributed by atoms with Crippen molar-refractivity contribution in [2.24, 2.45) is 11.3 Å². The molecule has 1 N–H and O–H groups in total. The first-order chi connectivity index (χ1) is 22.1. The van der Waals surface area contributed by atoms with Crippen molar-refractivity contribution < 1.29 is 0 Å². The number of anilines is 1. The molecule has 1 atom stereocenters. The molecule has 254 valence electrons. The van der Waals surface area contributed by atoms with Crippen molar-refractivity contribution in [2.45, 2.75) is 138 Å². The van der Waals surface area contributed by atoms with Crippen LogP contribution in [0.25, 0.3) is 0 Å². The number of benzene rings is 1. The van der Waals surface area contributed by atoms with Gasteiger partial charge in [0.1, 0.15) is 0 Å². The standard InChI is InChI=1S/C43H67N3/c1-10-18-39-36(14-5)43(8,9)40(46(39)30-12-3)25-24-35-23-22-34(41(35)45-31-26-33(13-4)27-32-45)19-17-28-42(6,7)37-20-15-16-21-38(37)44-29-11-2/h14-21,24,33,40,44H,10-13,22-23,25-32H2,1-9H3/b19-17+,35-24+,36-14+,39-18+. The van der Waals surface area contributed by atoms with E-state index in [4.69, 9.17) is 0 Å². The average molecular weight is 626 g/mol. The van der Waals surface area contributed by atoms with E-state index in [2.05, 4.69) is 132 Å². The number of rotatable bonds is 14. The van der Waals surface area contributed by atoms with E-state index in [1.807, 2.05) is 0 Å². The minimum atomic E-state index is 0.0658. The predicted molar refractivity (Wildman–Crippen MR) is 202 cm³/mol. The molecule has 0 radical (unpaired) electrons. The van der Waals surface area contributed by atoms with Gasteiger partial charge in [-0.25, -0.2) is 0 Å². The lowest BCUT2D eigenvalue weighted by Gasteiger charge is -2.36. The van der Waals surface area contributed by atoms with E-state index in [1.54, 1.807) is 16.8 Å². The Morgan fingerprint density at radius 1 is 0.978 bits per heavy atom. The number of piperidine rings is 1. The molecule has 1 unspecified atom stereocenters.